The average Bonchev–Trinajstić information content (AvgIpc) is 1.85. The molecule has 1 atom stereocenters. The Hall–Kier alpha value is -0.0800. The molecule has 0 aliphatic carbocycles. The van der Waals surface area contributed by atoms with Crippen LogP contribution in [0.5, 0.6) is 0 Å². The van der Waals surface area contributed by atoms with Gasteiger partial charge in [0.2, 0.25) is 0 Å². The third-order valence-corrected chi connectivity index (χ3v) is 2.37. The molecule has 1 saturated heterocycles. The molecule has 0 aromatic rings. The number of likely N-dealkylation sites (N-methyl/N-ethyl adjacent to an activating group) is 1. The second kappa shape index (κ2) is 4.07. The van der Waals surface area contributed by atoms with Crippen LogP contribution in [0.3, 0.4) is 0 Å². The third kappa shape index (κ3) is 2.46. The maximum absolute atomic E-state index is 5.37. The van der Waals surface area contributed by atoms with Crippen molar-refractivity contribution in [1.82, 2.24) is 4.90 Å². The van der Waals surface area contributed by atoms with Crippen molar-refractivity contribution in [2.45, 2.75) is 39.3 Å². The molecule has 1 heterocycles. The largest absolute Gasteiger partial charge is 0.377 e. The molecule has 1 aliphatic heterocycles. The molecule has 1 rings (SSSR count). The number of ether oxygens (including phenoxy) is 1. The van der Waals surface area contributed by atoms with Gasteiger partial charge in [-0.1, -0.05) is 6.92 Å². The summed E-state index contributed by atoms with van der Waals surface area (Å²) in [5, 5.41) is 0. The van der Waals surface area contributed by atoms with Gasteiger partial charge in [0.05, 0.1) is 6.10 Å². The summed E-state index contributed by atoms with van der Waals surface area (Å²) in [4.78, 5) is 2.45. The fourth-order valence-corrected chi connectivity index (χ4v) is 1.40. The predicted molar refractivity (Wildman–Crippen MR) is 46.7 cm³/mol. The summed E-state index contributed by atoms with van der Waals surface area (Å²) in [5.41, 5.74) is 0. The molecular weight excluding hydrogens is 138 g/mol. The first-order valence-corrected chi connectivity index (χ1v) is 4.59. The first-order chi connectivity index (χ1) is 5.24. The lowest BCUT2D eigenvalue weighted by molar-refractivity contribution is -0.0697. The van der Waals surface area contributed by atoms with Gasteiger partial charge in [-0.05, 0) is 26.8 Å². The number of nitrogens with zero attached hydrogens (tertiary/aromatic N) is 1. The zero-order valence-corrected chi connectivity index (χ0v) is 7.84. The van der Waals surface area contributed by atoms with Crippen LogP contribution < -0.4 is 0 Å². The molecule has 0 spiro atoms. The Morgan fingerprint density at radius 2 is 2.18 bits per heavy atom. The molecule has 2 heteroatoms. The lowest BCUT2D eigenvalue weighted by Crippen LogP contribution is -2.42. The maximum atomic E-state index is 5.37. The first kappa shape index (κ1) is 9.01. The standard InChI is InChI=1S/C9H19NO/c1-4-10(8(2)3)7-9-5-6-11-9/h8-9H,4-7H2,1-3H3/t9-/m0/s1. The van der Waals surface area contributed by atoms with E-state index in [1.54, 1.807) is 0 Å². The maximum Gasteiger partial charge on any atom is 0.0724 e. The zero-order chi connectivity index (χ0) is 8.27. The lowest BCUT2D eigenvalue weighted by Gasteiger charge is -2.34. The van der Waals surface area contributed by atoms with Crippen molar-refractivity contribution in [1.29, 1.82) is 0 Å². The van der Waals surface area contributed by atoms with Crippen molar-refractivity contribution in [2.24, 2.45) is 0 Å². The second-order valence-electron chi connectivity index (χ2n) is 3.46. The van der Waals surface area contributed by atoms with E-state index in [2.05, 4.69) is 25.7 Å². The molecule has 0 radical (unpaired) electrons. The molecule has 0 bridgehead atoms. The van der Waals surface area contributed by atoms with E-state index in [9.17, 15) is 0 Å². The van der Waals surface area contributed by atoms with Crippen molar-refractivity contribution in [3.63, 3.8) is 0 Å². The number of rotatable bonds is 4. The molecule has 2 nitrogen and oxygen atoms in total. The van der Waals surface area contributed by atoms with E-state index in [1.807, 2.05) is 0 Å². The molecule has 0 saturated carbocycles. The Morgan fingerprint density at radius 3 is 2.45 bits per heavy atom. The molecule has 1 fully saturated rings. The van der Waals surface area contributed by atoms with Gasteiger partial charge in [-0.25, -0.2) is 0 Å². The Kier molecular flexibility index (Phi) is 3.34. The monoisotopic (exact) mass is 157 g/mol. The van der Waals surface area contributed by atoms with E-state index in [-0.39, 0.29) is 0 Å². The quantitative estimate of drug-likeness (QED) is 0.613. The topological polar surface area (TPSA) is 12.5 Å². The van der Waals surface area contributed by atoms with E-state index in [0.29, 0.717) is 12.1 Å². The average molecular weight is 157 g/mol. The Morgan fingerprint density at radius 1 is 1.55 bits per heavy atom. The normalized spacial score (nSPS) is 24.3. The number of hydrogen-bond donors (Lipinski definition) is 0. The summed E-state index contributed by atoms with van der Waals surface area (Å²) in [7, 11) is 0. The Balaban J connectivity index is 2.19. The molecule has 11 heavy (non-hydrogen) atoms. The van der Waals surface area contributed by atoms with Gasteiger partial charge < -0.3 is 4.74 Å². The van der Waals surface area contributed by atoms with E-state index in [4.69, 9.17) is 4.74 Å². The lowest BCUT2D eigenvalue weighted by atomic mass is 10.1. The van der Waals surface area contributed by atoms with Crippen LogP contribution in [0.1, 0.15) is 27.2 Å². The molecular formula is C9H19NO. The molecule has 0 unspecified atom stereocenters. The zero-order valence-electron chi connectivity index (χ0n) is 7.84. The molecule has 1 aliphatic rings. The van der Waals surface area contributed by atoms with Crippen LogP contribution in [0.15, 0.2) is 0 Å². The van der Waals surface area contributed by atoms with Crippen molar-refractivity contribution in [2.75, 3.05) is 19.7 Å². The minimum absolute atomic E-state index is 0.525. The SMILES string of the molecule is CCN(C[C@@H]1CCO1)C(C)C. The van der Waals surface area contributed by atoms with Gasteiger partial charge in [0.1, 0.15) is 0 Å². The van der Waals surface area contributed by atoms with Gasteiger partial charge in [-0.15, -0.1) is 0 Å². The Bertz CT molecular complexity index is 110. The minimum atomic E-state index is 0.525. The highest BCUT2D eigenvalue weighted by atomic mass is 16.5. The minimum Gasteiger partial charge on any atom is -0.377 e. The van der Waals surface area contributed by atoms with Gasteiger partial charge in [-0.3, -0.25) is 4.90 Å². The van der Waals surface area contributed by atoms with Crippen LogP contribution in [0.4, 0.5) is 0 Å². The molecule has 0 aromatic carbocycles. The van der Waals surface area contributed by atoms with Crippen molar-refractivity contribution >= 4 is 0 Å². The summed E-state index contributed by atoms with van der Waals surface area (Å²) in [6, 6.07) is 0.657. The van der Waals surface area contributed by atoms with Gasteiger partial charge in [-0.2, -0.15) is 0 Å². The van der Waals surface area contributed by atoms with Crippen molar-refractivity contribution < 1.29 is 4.74 Å². The highest BCUT2D eigenvalue weighted by molar-refractivity contribution is 4.73. The van der Waals surface area contributed by atoms with E-state index < -0.39 is 0 Å². The van der Waals surface area contributed by atoms with Crippen LogP contribution >= 0.6 is 0 Å². The molecule has 0 N–H and O–H groups in total. The molecule has 66 valence electrons. The van der Waals surface area contributed by atoms with Gasteiger partial charge in [0.25, 0.3) is 0 Å². The molecule has 0 amide bonds. The van der Waals surface area contributed by atoms with Crippen molar-refractivity contribution in [3.05, 3.63) is 0 Å². The predicted octanol–water partition coefficient (Wildman–Crippen LogP) is 1.51. The van der Waals surface area contributed by atoms with E-state index in [0.717, 1.165) is 19.7 Å². The first-order valence-electron chi connectivity index (χ1n) is 4.59. The van der Waals surface area contributed by atoms with Crippen LogP contribution in [-0.2, 0) is 4.74 Å². The Labute approximate surface area is 69.5 Å². The molecule has 0 aromatic heterocycles. The summed E-state index contributed by atoms with van der Waals surface area (Å²) in [6.07, 6.45) is 1.78. The summed E-state index contributed by atoms with van der Waals surface area (Å²) in [5.74, 6) is 0. The van der Waals surface area contributed by atoms with Crippen LogP contribution in [-0.4, -0.2) is 36.7 Å². The van der Waals surface area contributed by atoms with Crippen LogP contribution in [0.2, 0.25) is 0 Å². The van der Waals surface area contributed by atoms with Gasteiger partial charge >= 0.3 is 0 Å². The fourth-order valence-electron chi connectivity index (χ4n) is 1.40. The summed E-state index contributed by atoms with van der Waals surface area (Å²) in [6.45, 7) is 9.91. The number of hydrogen-bond acceptors (Lipinski definition) is 2. The van der Waals surface area contributed by atoms with Crippen LogP contribution in [0, 0.1) is 0 Å². The van der Waals surface area contributed by atoms with Crippen molar-refractivity contribution in [3.8, 4) is 0 Å². The fraction of sp³-hybridized carbons (Fsp3) is 1.00. The van der Waals surface area contributed by atoms with Gasteiger partial charge in [0, 0.05) is 19.2 Å². The van der Waals surface area contributed by atoms with E-state index >= 15 is 0 Å². The summed E-state index contributed by atoms with van der Waals surface area (Å²) < 4.78 is 5.37. The third-order valence-electron chi connectivity index (χ3n) is 2.37. The summed E-state index contributed by atoms with van der Waals surface area (Å²) >= 11 is 0. The van der Waals surface area contributed by atoms with Gasteiger partial charge in [0.15, 0.2) is 0 Å². The van der Waals surface area contributed by atoms with Crippen LogP contribution in [0.25, 0.3) is 0 Å². The highest BCUT2D eigenvalue weighted by Crippen LogP contribution is 2.13. The van der Waals surface area contributed by atoms with E-state index in [1.165, 1.54) is 6.42 Å². The second-order valence-corrected chi connectivity index (χ2v) is 3.46. The highest BCUT2D eigenvalue weighted by Gasteiger charge is 2.21. The smallest absolute Gasteiger partial charge is 0.0724 e.